The van der Waals surface area contributed by atoms with E-state index in [4.69, 9.17) is 11.6 Å². The number of aromatic nitrogens is 2. The molecule has 0 atom stereocenters. The fourth-order valence-corrected chi connectivity index (χ4v) is 2.76. The molecule has 1 aliphatic rings. The number of hydrogen-bond acceptors (Lipinski definition) is 5. The average Bonchev–Trinajstić information content (AvgIpc) is 2.46. The lowest BCUT2D eigenvalue weighted by atomic mass is 10.0. The number of rotatable bonds is 3. The predicted molar refractivity (Wildman–Crippen MR) is 80.3 cm³/mol. The minimum Gasteiger partial charge on any atom is -0.383 e. The van der Waals surface area contributed by atoms with Crippen LogP contribution in [-0.4, -0.2) is 54.0 Å². The minimum absolute atomic E-state index is 0.115. The molecule has 0 bridgehead atoms. The quantitative estimate of drug-likeness (QED) is 0.859. The number of amides is 1. The first-order chi connectivity index (χ1) is 9.54. The van der Waals surface area contributed by atoms with E-state index in [2.05, 4.69) is 20.2 Å². The fourth-order valence-electron chi connectivity index (χ4n) is 2.53. The van der Waals surface area contributed by atoms with Crippen LogP contribution in [0.15, 0.2) is 6.33 Å². The van der Waals surface area contributed by atoms with Crippen molar-refractivity contribution < 1.29 is 4.79 Å². The molecule has 1 amide bonds. The summed E-state index contributed by atoms with van der Waals surface area (Å²) in [4.78, 5) is 23.7. The zero-order valence-electron chi connectivity index (χ0n) is 12.1. The Morgan fingerprint density at radius 3 is 2.65 bits per heavy atom. The summed E-state index contributed by atoms with van der Waals surface area (Å²) in [5.41, 5.74) is 0.757. The van der Waals surface area contributed by atoms with Gasteiger partial charge in [-0.25, -0.2) is 9.97 Å². The van der Waals surface area contributed by atoms with Crippen LogP contribution in [-0.2, 0) is 4.79 Å². The van der Waals surface area contributed by atoms with Crippen molar-refractivity contribution >= 4 is 29.0 Å². The minimum atomic E-state index is 0.115. The SMILES string of the molecule is CNc1c(Cl)ncnc1N1CCC(N(C)C(C)=O)CC1. The second-order valence-corrected chi connectivity index (χ2v) is 5.32. The van der Waals surface area contributed by atoms with Crippen LogP contribution >= 0.6 is 11.6 Å². The number of anilines is 2. The summed E-state index contributed by atoms with van der Waals surface area (Å²) >= 11 is 6.08. The first-order valence-electron chi connectivity index (χ1n) is 6.71. The molecule has 0 saturated carbocycles. The number of hydrogen-bond donors (Lipinski definition) is 1. The topological polar surface area (TPSA) is 61.4 Å². The third-order valence-electron chi connectivity index (χ3n) is 3.84. The van der Waals surface area contributed by atoms with Crippen LogP contribution in [0.1, 0.15) is 19.8 Å². The Labute approximate surface area is 124 Å². The molecule has 1 saturated heterocycles. The Bertz CT molecular complexity index is 488. The molecule has 1 aliphatic heterocycles. The molecule has 0 unspecified atom stereocenters. The molecule has 7 heteroatoms. The number of carbonyl (C=O) groups is 1. The van der Waals surface area contributed by atoms with E-state index in [-0.39, 0.29) is 5.91 Å². The Hall–Kier alpha value is -1.56. The van der Waals surface area contributed by atoms with Gasteiger partial charge in [0.2, 0.25) is 5.91 Å². The van der Waals surface area contributed by atoms with Crippen molar-refractivity contribution in [1.29, 1.82) is 0 Å². The molecule has 0 radical (unpaired) electrons. The van der Waals surface area contributed by atoms with E-state index >= 15 is 0 Å². The van der Waals surface area contributed by atoms with Crippen molar-refractivity contribution in [3.05, 3.63) is 11.5 Å². The van der Waals surface area contributed by atoms with E-state index in [1.165, 1.54) is 6.33 Å². The van der Waals surface area contributed by atoms with E-state index in [1.807, 2.05) is 19.0 Å². The van der Waals surface area contributed by atoms with Crippen LogP contribution in [0.2, 0.25) is 5.15 Å². The maximum atomic E-state index is 11.4. The van der Waals surface area contributed by atoms with Crippen LogP contribution in [0.3, 0.4) is 0 Å². The zero-order chi connectivity index (χ0) is 14.7. The second kappa shape index (κ2) is 6.26. The number of halogens is 1. The highest BCUT2D eigenvalue weighted by molar-refractivity contribution is 6.32. The lowest BCUT2D eigenvalue weighted by Crippen LogP contribution is -2.45. The van der Waals surface area contributed by atoms with Crippen LogP contribution in [0.5, 0.6) is 0 Å². The molecule has 1 aromatic rings. The summed E-state index contributed by atoms with van der Waals surface area (Å²) in [5.74, 6) is 0.945. The van der Waals surface area contributed by atoms with Gasteiger partial charge in [0.25, 0.3) is 0 Å². The van der Waals surface area contributed by atoms with Crippen molar-refractivity contribution in [3.63, 3.8) is 0 Å². The molecule has 1 fully saturated rings. The number of nitrogens with one attached hydrogen (secondary N) is 1. The van der Waals surface area contributed by atoms with Gasteiger partial charge in [0, 0.05) is 40.2 Å². The Balaban J connectivity index is 2.08. The van der Waals surface area contributed by atoms with E-state index < -0.39 is 0 Å². The molecule has 2 heterocycles. The van der Waals surface area contributed by atoms with Crippen molar-refractivity contribution in [2.75, 3.05) is 37.4 Å². The van der Waals surface area contributed by atoms with Crippen LogP contribution < -0.4 is 10.2 Å². The van der Waals surface area contributed by atoms with Gasteiger partial charge in [0.1, 0.15) is 12.0 Å². The maximum absolute atomic E-state index is 11.4. The molecule has 1 aromatic heterocycles. The third kappa shape index (κ3) is 2.95. The lowest BCUT2D eigenvalue weighted by Gasteiger charge is -2.37. The van der Waals surface area contributed by atoms with E-state index in [0.29, 0.717) is 11.2 Å². The van der Waals surface area contributed by atoms with Gasteiger partial charge in [-0.2, -0.15) is 0 Å². The number of piperidine rings is 1. The van der Waals surface area contributed by atoms with Gasteiger partial charge in [-0.1, -0.05) is 11.6 Å². The summed E-state index contributed by atoms with van der Waals surface area (Å²) in [6.07, 6.45) is 3.34. The van der Waals surface area contributed by atoms with Gasteiger partial charge >= 0.3 is 0 Å². The van der Waals surface area contributed by atoms with Crippen molar-refractivity contribution in [2.45, 2.75) is 25.8 Å². The molecule has 2 rings (SSSR count). The predicted octanol–water partition coefficient (Wildman–Crippen LogP) is 1.62. The van der Waals surface area contributed by atoms with Gasteiger partial charge in [-0.05, 0) is 12.8 Å². The molecule has 6 nitrogen and oxygen atoms in total. The summed E-state index contributed by atoms with van der Waals surface area (Å²) in [5, 5.41) is 3.48. The first-order valence-corrected chi connectivity index (χ1v) is 7.09. The molecule has 0 spiro atoms. The highest BCUT2D eigenvalue weighted by atomic mass is 35.5. The standard InChI is InChI=1S/C13H20ClN5O/c1-9(20)18(3)10-4-6-19(7-5-10)13-11(15-2)12(14)16-8-17-13/h8,10,15H,4-7H2,1-3H3. The summed E-state index contributed by atoms with van der Waals surface area (Å²) in [7, 11) is 3.67. The number of nitrogens with zero attached hydrogens (tertiary/aromatic N) is 4. The molecule has 1 N–H and O–H groups in total. The molecule has 20 heavy (non-hydrogen) atoms. The van der Waals surface area contributed by atoms with Crippen molar-refractivity contribution in [3.8, 4) is 0 Å². The third-order valence-corrected chi connectivity index (χ3v) is 4.13. The number of carbonyl (C=O) groups excluding carboxylic acids is 1. The second-order valence-electron chi connectivity index (χ2n) is 4.96. The van der Waals surface area contributed by atoms with Gasteiger partial charge in [-0.15, -0.1) is 0 Å². The van der Waals surface area contributed by atoms with Crippen LogP contribution in [0.25, 0.3) is 0 Å². The maximum Gasteiger partial charge on any atom is 0.219 e. The van der Waals surface area contributed by atoms with E-state index in [0.717, 1.165) is 37.4 Å². The molecule has 0 aromatic carbocycles. The Morgan fingerprint density at radius 2 is 2.10 bits per heavy atom. The summed E-state index contributed by atoms with van der Waals surface area (Å²) in [6.45, 7) is 3.31. The van der Waals surface area contributed by atoms with Gasteiger partial charge in [0.15, 0.2) is 11.0 Å². The highest BCUT2D eigenvalue weighted by Crippen LogP contribution is 2.30. The van der Waals surface area contributed by atoms with E-state index in [1.54, 1.807) is 6.92 Å². The molecule has 0 aliphatic carbocycles. The molecular weight excluding hydrogens is 278 g/mol. The van der Waals surface area contributed by atoms with Crippen molar-refractivity contribution in [1.82, 2.24) is 14.9 Å². The van der Waals surface area contributed by atoms with Crippen molar-refractivity contribution in [2.24, 2.45) is 0 Å². The molecular formula is C13H20ClN5O. The Morgan fingerprint density at radius 1 is 1.45 bits per heavy atom. The summed E-state index contributed by atoms with van der Waals surface area (Å²) < 4.78 is 0. The first kappa shape index (κ1) is 14.8. The average molecular weight is 298 g/mol. The largest absolute Gasteiger partial charge is 0.383 e. The fraction of sp³-hybridized carbons (Fsp3) is 0.615. The van der Waals surface area contributed by atoms with Crippen LogP contribution in [0, 0.1) is 0 Å². The Kier molecular flexibility index (Phi) is 4.65. The summed E-state index contributed by atoms with van der Waals surface area (Å²) in [6, 6.07) is 0.305. The van der Waals surface area contributed by atoms with Crippen LogP contribution in [0.4, 0.5) is 11.5 Å². The smallest absolute Gasteiger partial charge is 0.219 e. The molecule has 110 valence electrons. The monoisotopic (exact) mass is 297 g/mol. The highest BCUT2D eigenvalue weighted by Gasteiger charge is 2.26. The van der Waals surface area contributed by atoms with Gasteiger partial charge < -0.3 is 15.1 Å². The zero-order valence-corrected chi connectivity index (χ0v) is 12.8. The normalized spacial score (nSPS) is 16.1. The lowest BCUT2D eigenvalue weighted by molar-refractivity contribution is -0.129. The van der Waals surface area contributed by atoms with E-state index in [9.17, 15) is 4.79 Å². The van der Waals surface area contributed by atoms with Gasteiger partial charge in [0.05, 0.1) is 0 Å². The van der Waals surface area contributed by atoms with Gasteiger partial charge in [-0.3, -0.25) is 4.79 Å².